The highest BCUT2D eigenvalue weighted by Crippen LogP contribution is 2.43. The largest absolute Gasteiger partial charge is 0.455 e. The Bertz CT molecular complexity index is 3070. The molecule has 0 fully saturated rings. The van der Waals surface area contributed by atoms with Crippen LogP contribution < -0.4 is 0 Å². The SMILES string of the molecule is [C-]#[N+]c1ccc(-n2c3ccc(-c4ccc5c(c4)c4ccccc4n5-c4ccccc4)cc3c3c4oc5ccccc5c4ccc32)cc1C#N. The van der Waals surface area contributed by atoms with Crippen LogP contribution in [0.1, 0.15) is 5.56 Å². The van der Waals surface area contributed by atoms with Gasteiger partial charge in [0.15, 0.2) is 0 Å². The molecular weight excluding hydrogens is 601 g/mol. The maximum atomic E-state index is 9.87. The summed E-state index contributed by atoms with van der Waals surface area (Å²) in [6.45, 7) is 7.54. The van der Waals surface area contributed by atoms with Crippen molar-refractivity contribution < 1.29 is 4.42 Å². The highest BCUT2D eigenvalue weighted by atomic mass is 16.3. The minimum absolute atomic E-state index is 0.345. The standard InChI is InChI=1S/C44H24N4O/c1-46-37-19-17-31(23-29(37)26-45)48-40-21-16-28(25-36(40)43-41(48)22-18-34-33-12-6-8-14-42(33)49-44(34)43)27-15-20-39-35(24-27)32-11-5-7-13-38(32)47(39)30-9-3-2-4-10-30/h2-25H. The highest BCUT2D eigenvalue weighted by molar-refractivity contribution is 6.24. The number of furan rings is 1. The van der Waals surface area contributed by atoms with Crippen molar-refractivity contribution in [1.82, 2.24) is 9.13 Å². The summed E-state index contributed by atoms with van der Waals surface area (Å²) in [4.78, 5) is 3.56. The Hall–Kier alpha value is -7.08. The summed E-state index contributed by atoms with van der Waals surface area (Å²) in [6.07, 6.45) is 0. The van der Waals surface area contributed by atoms with Crippen molar-refractivity contribution in [2.45, 2.75) is 0 Å². The van der Waals surface area contributed by atoms with Crippen molar-refractivity contribution in [3.63, 3.8) is 0 Å². The van der Waals surface area contributed by atoms with E-state index < -0.39 is 0 Å². The van der Waals surface area contributed by atoms with E-state index in [9.17, 15) is 5.26 Å². The molecular formula is C44H24N4O. The van der Waals surface area contributed by atoms with Gasteiger partial charge in [-0.2, -0.15) is 5.26 Å². The summed E-state index contributed by atoms with van der Waals surface area (Å²) in [5.74, 6) is 0. The van der Waals surface area contributed by atoms with Crippen molar-refractivity contribution in [2.75, 3.05) is 0 Å². The average Bonchev–Trinajstić information content (AvgIpc) is 3.82. The summed E-state index contributed by atoms with van der Waals surface area (Å²) >= 11 is 0. The van der Waals surface area contributed by atoms with Gasteiger partial charge < -0.3 is 13.6 Å². The normalized spacial score (nSPS) is 11.6. The molecule has 0 N–H and O–H groups in total. The molecule has 0 radical (unpaired) electrons. The molecule has 5 nitrogen and oxygen atoms in total. The van der Waals surface area contributed by atoms with Crippen molar-refractivity contribution in [3.8, 4) is 28.6 Å². The van der Waals surface area contributed by atoms with Gasteiger partial charge in [0.25, 0.3) is 0 Å². The van der Waals surface area contributed by atoms with Crippen LogP contribution in [0.3, 0.4) is 0 Å². The maximum Gasteiger partial charge on any atom is 0.204 e. The first-order valence-corrected chi connectivity index (χ1v) is 16.1. The molecule has 0 bridgehead atoms. The average molecular weight is 625 g/mol. The molecule has 3 aromatic heterocycles. The lowest BCUT2D eigenvalue weighted by molar-refractivity contribution is 0.673. The first-order valence-electron chi connectivity index (χ1n) is 16.1. The summed E-state index contributed by atoms with van der Waals surface area (Å²) in [7, 11) is 0. The first kappa shape index (κ1) is 27.1. The summed E-state index contributed by atoms with van der Waals surface area (Å²) in [5, 5.41) is 16.5. The van der Waals surface area contributed by atoms with E-state index in [1.807, 2.05) is 30.3 Å². The van der Waals surface area contributed by atoms with Gasteiger partial charge in [0.2, 0.25) is 5.69 Å². The predicted molar refractivity (Wildman–Crippen MR) is 199 cm³/mol. The van der Waals surface area contributed by atoms with Crippen LogP contribution in [0.15, 0.2) is 150 Å². The molecule has 0 atom stereocenters. The van der Waals surface area contributed by atoms with Crippen LogP contribution >= 0.6 is 0 Å². The number of nitriles is 1. The van der Waals surface area contributed by atoms with Gasteiger partial charge in [0.1, 0.15) is 11.2 Å². The molecule has 10 aromatic rings. The van der Waals surface area contributed by atoms with Crippen molar-refractivity contribution >= 4 is 71.2 Å². The van der Waals surface area contributed by atoms with Crippen LogP contribution in [-0.4, -0.2) is 9.13 Å². The van der Waals surface area contributed by atoms with Gasteiger partial charge in [-0.1, -0.05) is 72.8 Å². The zero-order valence-corrected chi connectivity index (χ0v) is 26.1. The molecule has 0 unspecified atom stereocenters. The fourth-order valence-corrected chi connectivity index (χ4v) is 7.60. The van der Waals surface area contributed by atoms with Gasteiger partial charge in [0.05, 0.1) is 45.7 Å². The maximum absolute atomic E-state index is 9.87. The molecule has 0 spiro atoms. The number of nitrogens with zero attached hydrogens (tertiary/aromatic N) is 4. The number of rotatable bonds is 3. The second kappa shape index (κ2) is 10.2. The highest BCUT2D eigenvalue weighted by Gasteiger charge is 2.20. The predicted octanol–water partition coefficient (Wildman–Crippen LogP) is 11.9. The van der Waals surface area contributed by atoms with Gasteiger partial charge in [-0.25, -0.2) is 4.85 Å². The summed E-state index contributed by atoms with van der Waals surface area (Å²) < 4.78 is 11.1. The fourth-order valence-electron chi connectivity index (χ4n) is 7.60. The monoisotopic (exact) mass is 624 g/mol. The topological polar surface area (TPSA) is 51.1 Å². The minimum Gasteiger partial charge on any atom is -0.455 e. The smallest absolute Gasteiger partial charge is 0.204 e. The number of fused-ring (bicyclic) bond motifs is 10. The molecule has 49 heavy (non-hydrogen) atoms. The fraction of sp³-hybridized carbons (Fsp3) is 0. The molecule has 226 valence electrons. The van der Waals surface area contributed by atoms with E-state index in [2.05, 4.69) is 123 Å². The zero-order chi connectivity index (χ0) is 32.6. The van der Waals surface area contributed by atoms with E-state index in [0.717, 1.165) is 71.8 Å². The lowest BCUT2D eigenvalue weighted by atomic mass is 10.00. The molecule has 0 amide bonds. The van der Waals surface area contributed by atoms with E-state index in [1.165, 1.54) is 16.3 Å². The number of benzene rings is 7. The molecule has 0 aliphatic heterocycles. The van der Waals surface area contributed by atoms with Gasteiger partial charge in [-0.05, 0) is 83.9 Å². The van der Waals surface area contributed by atoms with E-state index in [0.29, 0.717) is 11.3 Å². The molecule has 3 heterocycles. The Morgan fingerprint density at radius 2 is 1.18 bits per heavy atom. The quantitative estimate of drug-likeness (QED) is 0.184. The van der Waals surface area contributed by atoms with Gasteiger partial charge in [-0.15, -0.1) is 0 Å². The lowest BCUT2D eigenvalue weighted by Gasteiger charge is -2.10. The van der Waals surface area contributed by atoms with Crippen molar-refractivity contribution in [3.05, 3.63) is 163 Å². The van der Waals surface area contributed by atoms with E-state index >= 15 is 0 Å². The second-order valence-electron chi connectivity index (χ2n) is 12.3. The van der Waals surface area contributed by atoms with E-state index in [1.54, 1.807) is 12.1 Å². The molecule has 10 rings (SSSR count). The van der Waals surface area contributed by atoms with Gasteiger partial charge in [-0.3, -0.25) is 0 Å². The number of hydrogen-bond donors (Lipinski definition) is 0. The molecule has 0 saturated heterocycles. The Kier molecular flexibility index (Phi) is 5.64. The zero-order valence-electron chi connectivity index (χ0n) is 26.1. The molecule has 5 heteroatoms. The number of hydrogen-bond acceptors (Lipinski definition) is 2. The van der Waals surface area contributed by atoms with Crippen LogP contribution in [0.2, 0.25) is 0 Å². The summed E-state index contributed by atoms with van der Waals surface area (Å²) in [5.41, 5.74) is 10.8. The molecule has 0 aliphatic rings. The minimum atomic E-state index is 0.345. The van der Waals surface area contributed by atoms with Gasteiger partial charge >= 0.3 is 0 Å². The second-order valence-corrected chi connectivity index (χ2v) is 12.3. The molecule has 7 aromatic carbocycles. The van der Waals surface area contributed by atoms with Crippen LogP contribution in [0, 0.1) is 17.9 Å². The van der Waals surface area contributed by atoms with Crippen LogP contribution in [0.4, 0.5) is 5.69 Å². The summed E-state index contributed by atoms with van der Waals surface area (Å²) in [6, 6.07) is 52.5. The first-order chi connectivity index (χ1) is 24.2. The third-order valence-electron chi connectivity index (χ3n) is 9.77. The Morgan fingerprint density at radius 1 is 0.531 bits per heavy atom. The van der Waals surface area contributed by atoms with Crippen LogP contribution in [-0.2, 0) is 0 Å². The molecule has 0 saturated carbocycles. The van der Waals surface area contributed by atoms with Crippen LogP contribution in [0.5, 0.6) is 0 Å². The Balaban J connectivity index is 1.26. The number of aromatic nitrogens is 2. The van der Waals surface area contributed by atoms with E-state index in [4.69, 9.17) is 11.0 Å². The third kappa shape index (κ3) is 3.85. The van der Waals surface area contributed by atoms with Crippen molar-refractivity contribution in [2.24, 2.45) is 0 Å². The van der Waals surface area contributed by atoms with Crippen LogP contribution in [0.25, 0.3) is 92.9 Å². The Morgan fingerprint density at radius 3 is 1.98 bits per heavy atom. The molecule has 0 aliphatic carbocycles. The Labute approximate surface area is 280 Å². The van der Waals surface area contributed by atoms with Crippen molar-refractivity contribution in [1.29, 1.82) is 5.26 Å². The van der Waals surface area contributed by atoms with Gasteiger partial charge in [0, 0.05) is 38.3 Å². The third-order valence-corrected chi connectivity index (χ3v) is 9.77. The lowest BCUT2D eigenvalue weighted by Crippen LogP contribution is -1.94. The number of para-hydroxylation sites is 3. The van der Waals surface area contributed by atoms with E-state index in [-0.39, 0.29) is 0 Å².